The lowest BCUT2D eigenvalue weighted by Gasteiger charge is -2.16. The molecule has 1 aromatic carbocycles. The van der Waals surface area contributed by atoms with Gasteiger partial charge in [0.15, 0.2) is 0 Å². The van der Waals surface area contributed by atoms with Crippen LogP contribution in [-0.4, -0.2) is 18.5 Å². The van der Waals surface area contributed by atoms with E-state index >= 15 is 0 Å². The second kappa shape index (κ2) is 10.8. The van der Waals surface area contributed by atoms with Crippen molar-refractivity contribution in [3.8, 4) is 11.8 Å². The Labute approximate surface area is 188 Å². The summed E-state index contributed by atoms with van der Waals surface area (Å²) in [5.41, 5.74) is 0.219. The maximum absolute atomic E-state index is 11.7. The molecule has 1 saturated carbocycles. The van der Waals surface area contributed by atoms with Crippen molar-refractivity contribution in [3.63, 3.8) is 0 Å². The summed E-state index contributed by atoms with van der Waals surface area (Å²) in [7, 11) is 0. The molecule has 0 spiro atoms. The van der Waals surface area contributed by atoms with E-state index in [2.05, 4.69) is 11.8 Å². The summed E-state index contributed by atoms with van der Waals surface area (Å²) in [4.78, 5) is 23.1. The average Bonchev–Trinajstić information content (AvgIpc) is 3.33. The van der Waals surface area contributed by atoms with Gasteiger partial charge in [0.25, 0.3) is 0 Å². The number of hydrogen-bond acceptors (Lipinski definition) is 4. The SMILES string of the molecule is CC(C)(C)C(=O)OCC1[C@H]2CCC#CCC[C@@H]12.CC(C)(C)C(=O)OCc1ccccc1. The van der Waals surface area contributed by atoms with Crippen LogP contribution in [0.15, 0.2) is 30.3 Å². The van der Waals surface area contributed by atoms with Crippen molar-refractivity contribution < 1.29 is 19.1 Å². The maximum Gasteiger partial charge on any atom is 0.311 e. The van der Waals surface area contributed by atoms with Gasteiger partial charge in [-0.15, -0.1) is 11.8 Å². The lowest BCUT2D eigenvalue weighted by Crippen LogP contribution is -2.24. The Balaban J connectivity index is 0.000000225. The Hall–Kier alpha value is -2.28. The molecule has 0 radical (unpaired) electrons. The zero-order valence-electron chi connectivity index (χ0n) is 20.0. The van der Waals surface area contributed by atoms with Gasteiger partial charge < -0.3 is 9.47 Å². The van der Waals surface area contributed by atoms with E-state index in [4.69, 9.17) is 9.47 Å². The minimum Gasteiger partial charge on any atom is -0.465 e. The lowest BCUT2D eigenvalue weighted by molar-refractivity contribution is -0.154. The Morgan fingerprint density at radius 1 is 0.839 bits per heavy atom. The molecule has 0 aliphatic heterocycles. The van der Waals surface area contributed by atoms with E-state index in [0.717, 1.165) is 30.2 Å². The Morgan fingerprint density at radius 3 is 1.81 bits per heavy atom. The molecule has 4 nitrogen and oxygen atoms in total. The fraction of sp³-hybridized carbons (Fsp3) is 0.630. The quantitative estimate of drug-likeness (QED) is 0.452. The van der Waals surface area contributed by atoms with Gasteiger partial charge in [0.2, 0.25) is 0 Å². The number of hydrogen-bond donors (Lipinski definition) is 0. The van der Waals surface area contributed by atoms with Gasteiger partial charge in [0.1, 0.15) is 6.61 Å². The highest BCUT2D eigenvalue weighted by Gasteiger charge is 2.49. The van der Waals surface area contributed by atoms with Crippen molar-refractivity contribution in [1.82, 2.24) is 0 Å². The first-order valence-electron chi connectivity index (χ1n) is 11.3. The van der Waals surface area contributed by atoms with Gasteiger partial charge in [-0.3, -0.25) is 9.59 Å². The summed E-state index contributed by atoms with van der Waals surface area (Å²) in [6.45, 7) is 12.2. The van der Waals surface area contributed by atoms with Gasteiger partial charge in [0, 0.05) is 12.8 Å². The monoisotopic (exact) mass is 426 g/mol. The second-order valence-corrected chi connectivity index (χ2v) is 10.6. The molecule has 0 heterocycles. The summed E-state index contributed by atoms with van der Waals surface area (Å²) < 4.78 is 10.6. The molecule has 0 bridgehead atoms. The molecule has 31 heavy (non-hydrogen) atoms. The summed E-state index contributed by atoms with van der Waals surface area (Å²) in [6, 6.07) is 9.68. The van der Waals surface area contributed by atoms with Gasteiger partial charge in [0.05, 0.1) is 17.4 Å². The Morgan fingerprint density at radius 2 is 1.32 bits per heavy atom. The van der Waals surface area contributed by atoms with Gasteiger partial charge in [-0.2, -0.15) is 0 Å². The molecular formula is C27H38O4. The lowest BCUT2D eigenvalue weighted by atomic mass is 9.97. The third-order valence-corrected chi connectivity index (χ3v) is 5.68. The summed E-state index contributed by atoms with van der Waals surface area (Å²) in [5, 5.41) is 0. The van der Waals surface area contributed by atoms with Crippen molar-refractivity contribution in [2.24, 2.45) is 28.6 Å². The molecule has 2 aliphatic carbocycles. The van der Waals surface area contributed by atoms with E-state index in [-0.39, 0.29) is 17.4 Å². The molecule has 0 saturated heterocycles. The third kappa shape index (κ3) is 8.40. The number of ether oxygens (including phenoxy) is 2. The van der Waals surface area contributed by atoms with E-state index in [1.165, 1.54) is 12.8 Å². The number of esters is 2. The normalized spacial score (nSPS) is 22.2. The van der Waals surface area contributed by atoms with Crippen LogP contribution in [0.2, 0.25) is 0 Å². The Kier molecular flexibility index (Phi) is 8.74. The van der Waals surface area contributed by atoms with Gasteiger partial charge >= 0.3 is 11.9 Å². The zero-order chi connectivity index (χ0) is 23.1. The van der Waals surface area contributed by atoms with Crippen LogP contribution in [0.4, 0.5) is 0 Å². The van der Waals surface area contributed by atoms with Crippen molar-refractivity contribution in [2.45, 2.75) is 73.8 Å². The van der Waals surface area contributed by atoms with Gasteiger partial charge in [-0.05, 0) is 77.7 Å². The molecule has 0 N–H and O–H groups in total. The Bertz CT molecular complexity index is 769. The number of carbonyl (C=O) groups is 2. The topological polar surface area (TPSA) is 52.6 Å². The molecule has 0 aromatic heterocycles. The van der Waals surface area contributed by atoms with E-state index in [0.29, 0.717) is 19.1 Å². The largest absolute Gasteiger partial charge is 0.465 e. The van der Waals surface area contributed by atoms with Crippen LogP contribution in [-0.2, 0) is 25.7 Å². The molecular weight excluding hydrogens is 388 g/mol. The highest BCUT2D eigenvalue weighted by Crippen LogP contribution is 2.52. The van der Waals surface area contributed by atoms with Crippen LogP contribution in [0.25, 0.3) is 0 Å². The van der Waals surface area contributed by atoms with Crippen LogP contribution >= 0.6 is 0 Å². The first kappa shape index (κ1) is 25.0. The maximum atomic E-state index is 11.7. The van der Waals surface area contributed by atoms with Gasteiger partial charge in [-0.1, -0.05) is 30.3 Å². The minimum atomic E-state index is -0.422. The molecule has 4 heteroatoms. The fourth-order valence-corrected chi connectivity index (χ4v) is 3.61. The van der Waals surface area contributed by atoms with E-state index in [1.54, 1.807) is 0 Å². The van der Waals surface area contributed by atoms with Crippen LogP contribution in [0.5, 0.6) is 0 Å². The number of carbonyl (C=O) groups excluding carboxylic acids is 2. The fourth-order valence-electron chi connectivity index (χ4n) is 3.61. The van der Waals surface area contributed by atoms with Crippen LogP contribution in [0.3, 0.4) is 0 Å². The molecule has 170 valence electrons. The molecule has 0 amide bonds. The molecule has 1 unspecified atom stereocenters. The van der Waals surface area contributed by atoms with Crippen molar-refractivity contribution in [1.29, 1.82) is 0 Å². The number of rotatable bonds is 4. The van der Waals surface area contributed by atoms with Crippen molar-refractivity contribution in [2.75, 3.05) is 6.61 Å². The number of benzene rings is 1. The van der Waals surface area contributed by atoms with Crippen LogP contribution < -0.4 is 0 Å². The minimum absolute atomic E-state index is 0.0759. The smallest absolute Gasteiger partial charge is 0.311 e. The van der Waals surface area contributed by atoms with Crippen molar-refractivity contribution >= 4 is 11.9 Å². The highest BCUT2D eigenvalue weighted by atomic mass is 16.5. The summed E-state index contributed by atoms with van der Waals surface area (Å²) >= 11 is 0. The number of fused-ring (bicyclic) bond motifs is 1. The molecule has 2 aliphatic rings. The summed E-state index contributed by atoms with van der Waals surface area (Å²) in [6.07, 6.45) is 4.42. The molecule has 3 atom stereocenters. The van der Waals surface area contributed by atoms with E-state index < -0.39 is 5.41 Å². The first-order chi connectivity index (χ1) is 14.5. The van der Waals surface area contributed by atoms with Crippen molar-refractivity contribution in [3.05, 3.63) is 35.9 Å². The van der Waals surface area contributed by atoms with Gasteiger partial charge in [-0.25, -0.2) is 0 Å². The molecule has 1 fully saturated rings. The highest BCUT2D eigenvalue weighted by molar-refractivity contribution is 5.75. The standard InChI is InChI=1S/C15H22O2.C12H16O2/c1-15(2,3)14(16)17-10-13-11-8-6-4-5-7-9-12(11)13;1-12(2,3)11(13)14-9-10-7-5-4-6-8-10/h11-13H,6-10H2,1-3H3;4-8H,9H2,1-3H3/t11-,12+,13?;. The zero-order valence-corrected chi connectivity index (χ0v) is 20.0. The predicted molar refractivity (Wildman–Crippen MR) is 123 cm³/mol. The van der Waals surface area contributed by atoms with Crippen LogP contribution in [0.1, 0.15) is 72.8 Å². The summed E-state index contributed by atoms with van der Waals surface area (Å²) in [5.74, 6) is 8.27. The predicted octanol–water partition coefficient (Wildman–Crippen LogP) is 5.79. The first-order valence-corrected chi connectivity index (χ1v) is 11.3. The molecule has 1 aromatic rings. The average molecular weight is 427 g/mol. The second-order valence-electron chi connectivity index (χ2n) is 10.6. The third-order valence-electron chi connectivity index (χ3n) is 5.68. The van der Waals surface area contributed by atoms with E-state index in [9.17, 15) is 9.59 Å². The molecule has 3 rings (SSSR count). The van der Waals surface area contributed by atoms with Crippen LogP contribution in [0, 0.1) is 40.4 Å². The van der Waals surface area contributed by atoms with E-state index in [1.807, 2.05) is 71.9 Å².